The summed E-state index contributed by atoms with van der Waals surface area (Å²) in [6.07, 6.45) is 3.21. The van der Waals surface area contributed by atoms with E-state index in [9.17, 15) is 4.79 Å². The third-order valence-electron chi connectivity index (χ3n) is 3.40. The number of unbranched alkanes of at least 4 members (excludes halogenated alkanes) is 1. The molecule has 0 aromatic heterocycles. The minimum Gasteiger partial charge on any atom is -0.494 e. The maximum atomic E-state index is 12.3. The maximum absolute atomic E-state index is 12.3. The molecule has 0 spiro atoms. The second-order valence-electron chi connectivity index (χ2n) is 5.33. The highest BCUT2D eigenvalue weighted by Gasteiger charge is 2.41. The Morgan fingerprint density at radius 3 is 2.47 bits per heavy atom. The average molecular weight is 258 g/mol. The van der Waals surface area contributed by atoms with Crippen molar-refractivity contribution in [3.63, 3.8) is 0 Å². The largest absolute Gasteiger partial charge is 0.494 e. The van der Waals surface area contributed by atoms with Crippen LogP contribution in [0.15, 0.2) is 36.1 Å². The fraction of sp³-hybridized carbons (Fsp3) is 0.471. The molecule has 0 radical (unpaired) electrons. The molecule has 2 heteroatoms. The van der Waals surface area contributed by atoms with E-state index in [-0.39, 0.29) is 17.8 Å². The van der Waals surface area contributed by atoms with Crippen LogP contribution in [0.4, 0.5) is 0 Å². The molecular weight excluding hydrogens is 236 g/mol. The van der Waals surface area contributed by atoms with E-state index < -0.39 is 0 Å². The van der Waals surface area contributed by atoms with Crippen LogP contribution >= 0.6 is 0 Å². The first-order valence-electron chi connectivity index (χ1n) is 7.15. The highest BCUT2D eigenvalue weighted by atomic mass is 16.5. The normalized spacial score (nSPS) is 18.7. The quantitative estimate of drug-likeness (QED) is 0.764. The van der Waals surface area contributed by atoms with Gasteiger partial charge < -0.3 is 4.74 Å². The summed E-state index contributed by atoms with van der Waals surface area (Å²) in [5, 5.41) is 0. The number of rotatable bonds is 6. The van der Waals surface area contributed by atoms with Crippen LogP contribution in [0.1, 0.15) is 45.6 Å². The Morgan fingerprint density at radius 1 is 1.21 bits per heavy atom. The molecule has 0 bridgehead atoms. The molecule has 0 amide bonds. The van der Waals surface area contributed by atoms with Crippen molar-refractivity contribution in [1.82, 2.24) is 0 Å². The van der Waals surface area contributed by atoms with E-state index in [1.165, 1.54) is 0 Å². The van der Waals surface area contributed by atoms with Gasteiger partial charge in [-0.05, 0) is 25.8 Å². The SMILES string of the molecule is CCCCC1C(=O)C(c2ccccc2)=C1OC(C)C. The van der Waals surface area contributed by atoms with Crippen LogP contribution in [0, 0.1) is 5.92 Å². The van der Waals surface area contributed by atoms with Gasteiger partial charge in [0.15, 0.2) is 5.78 Å². The van der Waals surface area contributed by atoms with E-state index in [2.05, 4.69) is 6.92 Å². The molecular formula is C17H22O2. The van der Waals surface area contributed by atoms with Gasteiger partial charge >= 0.3 is 0 Å². The van der Waals surface area contributed by atoms with E-state index >= 15 is 0 Å². The van der Waals surface area contributed by atoms with Gasteiger partial charge in [-0.3, -0.25) is 4.79 Å². The van der Waals surface area contributed by atoms with Crippen LogP contribution in [-0.2, 0) is 9.53 Å². The van der Waals surface area contributed by atoms with Crippen molar-refractivity contribution in [3.05, 3.63) is 41.7 Å². The van der Waals surface area contributed by atoms with Gasteiger partial charge in [0, 0.05) is 0 Å². The van der Waals surface area contributed by atoms with Gasteiger partial charge in [0.2, 0.25) is 0 Å². The lowest BCUT2D eigenvalue weighted by atomic mass is 9.76. The summed E-state index contributed by atoms with van der Waals surface area (Å²) in [4.78, 5) is 12.3. The number of hydrogen-bond acceptors (Lipinski definition) is 2. The average Bonchev–Trinajstić information content (AvgIpc) is 2.39. The number of benzene rings is 1. The molecule has 2 rings (SSSR count). The molecule has 1 aromatic rings. The lowest BCUT2D eigenvalue weighted by molar-refractivity contribution is -0.120. The molecule has 1 atom stereocenters. The molecule has 1 aliphatic carbocycles. The Labute approximate surface area is 115 Å². The number of allylic oxidation sites excluding steroid dienone is 2. The van der Waals surface area contributed by atoms with Crippen LogP contribution in [0.3, 0.4) is 0 Å². The summed E-state index contributed by atoms with van der Waals surface area (Å²) in [7, 11) is 0. The van der Waals surface area contributed by atoms with Crippen LogP contribution in [0.2, 0.25) is 0 Å². The zero-order valence-corrected chi connectivity index (χ0v) is 12.0. The van der Waals surface area contributed by atoms with E-state index in [4.69, 9.17) is 4.74 Å². The van der Waals surface area contributed by atoms with Gasteiger partial charge in [0.25, 0.3) is 0 Å². The van der Waals surface area contributed by atoms with Gasteiger partial charge in [-0.2, -0.15) is 0 Å². The molecule has 19 heavy (non-hydrogen) atoms. The number of carbonyl (C=O) groups excluding carboxylic acids is 1. The van der Waals surface area contributed by atoms with Gasteiger partial charge in [0.05, 0.1) is 17.6 Å². The monoisotopic (exact) mass is 258 g/mol. The Bertz CT molecular complexity index is 471. The van der Waals surface area contributed by atoms with E-state index in [0.29, 0.717) is 0 Å². The molecule has 0 saturated heterocycles. The van der Waals surface area contributed by atoms with Crippen LogP contribution < -0.4 is 0 Å². The first-order chi connectivity index (χ1) is 9.15. The zero-order chi connectivity index (χ0) is 13.8. The summed E-state index contributed by atoms with van der Waals surface area (Å²) < 4.78 is 5.89. The molecule has 1 aromatic carbocycles. The molecule has 0 heterocycles. The van der Waals surface area contributed by atoms with Crippen molar-refractivity contribution in [2.45, 2.75) is 46.1 Å². The molecule has 0 saturated carbocycles. The smallest absolute Gasteiger partial charge is 0.177 e. The Kier molecular flexibility index (Phi) is 4.41. The van der Waals surface area contributed by atoms with Gasteiger partial charge in [0.1, 0.15) is 5.76 Å². The minimum absolute atomic E-state index is 0.0162. The summed E-state index contributed by atoms with van der Waals surface area (Å²) in [6.45, 7) is 6.17. The second kappa shape index (κ2) is 6.05. The van der Waals surface area contributed by atoms with Gasteiger partial charge in [-0.1, -0.05) is 50.1 Å². The molecule has 2 nitrogen and oxygen atoms in total. The molecule has 0 fully saturated rings. The second-order valence-corrected chi connectivity index (χ2v) is 5.33. The van der Waals surface area contributed by atoms with E-state index in [1.54, 1.807) is 0 Å². The van der Waals surface area contributed by atoms with Gasteiger partial charge in [-0.25, -0.2) is 0 Å². The van der Waals surface area contributed by atoms with Crippen molar-refractivity contribution in [2.75, 3.05) is 0 Å². The highest BCUT2D eigenvalue weighted by Crippen LogP contribution is 2.41. The molecule has 0 N–H and O–H groups in total. The van der Waals surface area contributed by atoms with Crippen molar-refractivity contribution < 1.29 is 9.53 Å². The molecule has 0 aliphatic heterocycles. The fourth-order valence-corrected chi connectivity index (χ4v) is 2.47. The summed E-state index contributed by atoms with van der Waals surface area (Å²) >= 11 is 0. The van der Waals surface area contributed by atoms with Crippen molar-refractivity contribution in [3.8, 4) is 0 Å². The molecule has 102 valence electrons. The van der Waals surface area contributed by atoms with E-state index in [1.807, 2.05) is 44.2 Å². The number of carbonyl (C=O) groups is 1. The van der Waals surface area contributed by atoms with Gasteiger partial charge in [-0.15, -0.1) is 0 Å². The highest BCUT2D eigenvalue weighted by molar-refractivity contribution is 6.29. The Morgan fingerprint density at radius 2 is 1.89 bits per heavy atom. The van der Waals surface area contributed by atoms with Crippen LogP contribution in [-0.4, -0.2) is 11.9 Å². The lowest BCUT2D eigenvalue weighted by Crippen LogP contribution is -2.33. The third-order valence-corrected chi connectivity index (χ3v) is 3.40. The first kappa shape index (κ1) is 13.9. The number of ketones is 1. The predicted molar refractivity (Wildman–Crippen MR) is 77.6 cm³/mol. The van der Waals surface area contributed by atoms with Crippen LogP contribution in [0.5, 0.6) is 0 Å². The summed E-state index contributed by atoms with van der Waals surface area (Å²) in [6, 6.07) is 9.84. The lowest BCUT2D eigenvalue weighted by Gasteiger charge is -2.33. The minimum atomic E-state index is -0.0162. The summed E-state index contributed by atoms with van der Waals surface area (Å²) in [5.41, 5.74) is 1.77. The summed E-state index contributed by atoms with van der Waals surface area (Å²) in [5.74, 6) is 1.13. The number of hydrogen-bond donors (Lipinski definition) is 0. The Balaban J connectivity index is 2.28. The maximum Gasteiger partial charge on any atom is 0.177 e. The Hall–Kier alpha value is -1.57. The third kappa shape index (κ3) is 2.89. The van der Waals surface area contributed by atoms with Crippen molar-refractivity contribution in [2.24, 2.45) is 5.92 Å². The van der Waals surface area contributed by atoms with Crippen molar-refractivity contribution in [1.29, 1.82) is 0 Å². The predicted octanol–water partition coefficient (Wildman–Crippen LogP) is 4.21. The first-order valence-corrected chi connectivity index (χ1v) is 7.15. The number of Topliss-reactive ketones (excluding diaryl/α,β-unsaturated/α-hetero) is 1. The van der Waals surface area contributed by atoms with Crippen molar-refractivity contribution >= 4 is 11.4 Å². The van der Waals surface area contributed by atoms with Crippen LogP contribution in [0.25, 0.3) is 5.57 Å². The number of ether oxygens (including phenoxy) is 1. The van der Waals surface area contributed by atoms with E-state index in [0.717, 1.165) is 36.2 Å². The molecule has 1 aliphatic rings. The molecule has 1 unspecified atom stereocenters. The zero-order valence-electron chi connectivity index (χ0n) is 12.0. The topological polar surface area (TPSA) is 26.3 Å². The fourth-order valence-electron chi connectivity index (χ4n) is 2.47. The standard InChI is InChI=1S/C17H22O2/c1-4-5-11-14-16(18)15(17(14)19-12(2)3)13-9-7-6-8-10-13/h6-10,12,14H,4-5,11H2,1-3H3.